The van der Waals surface area contributed by atoms with Crippen molar-refractivity contribution in [3.63, 3.8) is 0 Å². The van der Waals surface area contributed by atoms with Crippen LogP contribution in [-0.2, 0) is 6.18 Å². The Labute approximate surface area is 129 Å². The molecule has 0 radical (unpaired) electrons. The topological polar surface area (TPSA) is 50.3 Å². The molecule has 0 aliphatic heterocycles. The zero-order valence-electron chi connectivity index (χ0n) is 12.6. The Morgan fingerprint density at radius 2 is 1.96 bits per heavy atom. The fourth-order valence-electron chi connectivity index (χ4n) is 1.97. The van der Waals surface area contributed by atoms with Crippen LogP contribution in [0.3, 0.4) is 0 Å². The van der Waals surface area contributed by atoms with Crippen LogP contribution in [0, 0.1) is 5.82 Å². The van der Waals surface area contributed by atoms with Crippen LogP contribution in [0.25, 0.3) is 0 Å². The van der Waals surface area contributed by atoms with Crippen molar-refractivity contribution < 1.29 is 22.3 Å². The molecule has 124 valence electrons. The van der Waals surface area contributed by atoms with Gasteiger partial charge in [-0.05, 0) is 12.1 Å². The molecule has 0 unspecified atom stereocenters. The highest BCUT2D eigenvalue weighted by molar-refractivity contribution is 5.66. The highest BCUT2D eigenvalue weighted by Crippen LogP contribution is 2.36. The summed E-state index contributed by atoms with van der Waals surface area (Å²) >= 11 is 0. The van der Waals surface area contributed by atoms with Gasteiger partial charge in [0.15, 0.2) is 0 Å². The highest BCUT2D eigenvalue weighted by Gasteiger charge is 2.35. The third kappa shape index (κ3) is 3.43. The van der Waals surface area contributed by atoms with Gasteiger partial charge in [0.05, 0.1) is 12.8 Å². The molecule has 9 heteroatoms. The largest absolute Gasteiger partial charge is 0.495 e. The predicted molar refractivity (Wildman–Crippen MR) is 77.6 cm³/mol. The van der Waals surface area contributed by atoms with Gasteiger partial charge in [-0.3, -0.25) is 0 Å². The van der Waals surface area contributed by atoms with E-state index in [-0.39, 0.29) is 17.5 Å². The molecule has 0 spiro atoms. The predicted octanol–water partition coefficient (Wildman–Crippen LogP) is 3.45. The SMILES string of the molecule is CNc1nc(N(C)c2cc(F)ccc2OC)ncc1C(F)(F)F. The number of methoxy groups -OCH3 is 1. The van der Waals surface area contributed by atoms with Gasteiger partial charge in [-0.1, -0.05) is 0 Å². The molecular formula is C14H14F4N4O. The number of benzene rings is 1. The van der Waals surface area contributed by atoms with E-state index in [1.54, 1.807) is 0 Å². The Morgan fingerprint density at radius 1 is 1.26 bits per heavy atom. The Bertz CT molecular complexity index is 706. The van der Waals surface area contributed by atoms with Gasteiger partial charge in [0.2, 0.25) is 5.95 Å². The Hall–Kier alpha value is -2.58. The normalized spacial score (nSPS) is 11.3. The van der Waals surface area contributed by atoms with Crippen LogP contribution in [0.15, 0.2) is 24.4 Å². The minimum atomic E-state index is -4.58. The first-order chi connectivity index (χ1) is 10.8. The van der Waals surface area contributed by atoms with Crippen LogP contribution in [0.4, 0.5) is 35.0 Å². The fraction of sp³-hybridized carbons (Fsp3) is 0.286. The molecule has 5 nitrogen and oxygen atoms in total. The van der Waals surface area contributed by atoms with Crippen molar-refractivity contribution in [2.45, 2.75) is 6.18 Å². The van der Waals surface area contributed by atoms with Crippen LogP contribution in [0.2, 0.25) is 0 Å². The van der Waals surface area contributed by atoms with E-state index in [0.29, 0.717) is 11.9 Å². The van der Waals surface area contributed by atoms with Gasteiger partial charge < -0.3 is 15.0 Å². The first-order valence-electron chi connectivity index (χ1n) is 6.47. The van der Waals surface area contributed by atoms with E-state index in [1.807, 2.05) is 0 Å². The third-order valence-electron chi connectivity index (χ3n) is 3.12. The van der Waals surface area contributed by atoms with E-state index in [1.165, 1.54) is 44.3 Å². The van der Waals surface area contributed by atoms with Crippen molar-refractivity contribution in [3.05, 3.63) is 35.8 Å². The molecule has 1 N–H and O–H groups in total. The maximum Gasteiger partial charge on any atom is 0.421 e. The average molecular weight is 330 g/mol. The molecule has 23 heavy (non-hydrogen) atoms. The number of anilines is 3. The second-order valence-electron chi connectivity index (χ2n) is 4.56. The van der Waals surface area contributed by atoms with Gasteiger partial charge in [0.1, 0.15) is 22.9 Å². The molecule has 0 atom stereocenters. The van der Waals surface area contributed by atoms with E-state index in [0.717, 1.165) is 0 Å². The number of nitrogens with one attached hydrogen (secondary N) is 1. The van der Waals surface area contributed by atoms with Gasteiger partial charge >= 0.3 is 6.18 Å². The average Bonchev–Trinajstić information content (AvgIpc) is 2.52. The quantitative estimate of drug-likeness (QED) is 0.870. The molecule has 0 fully saturated rings. The van der Waals surface area contributed by atoms with E-state index < -0.39 is 17.6 Å². The molecule has 0 saturated heterocycles. The lowest BCUT2D eigenvalue weighted by molar-refractivity contribution is -0.137. The molecule has 2 rings (SSSR count). The Kier molecular flexibility index (Phi) is 4.57. The number of halogens is 4. The summed E-state index contributed by atoms with van der Waals surface area (Å²) in [5, 5.41) is 2.39. The minimum Gasteiger partial charge on any atom is -0.495 e. The number of hydrogen-bond acceptors (Lipinski definition) is 5. The summed E-state index contributed by atoms with van der Waals surface area (Å²) in [5.74, 6) is -0.590. The van der Waals surface area contributed by atoms with Crippen molar-refractivity contribution in [2.75, 3.05) is 31.4 Å². The molecule has 0 bridgehead atoms. The Balaban J connectivity index is 2.48. The van der Waals surface area contributed by atoms with Crippen molar-refractivity contribution in [1.29, 1.82) is 0 Å². The van der Waals surface area contributed by atoms with Gasteiger partial charge in [-0.25, -0.2) is 9.37 Å². The lowest BCUT2D eigenvalue weighted by Gasteiger charge is -2.21. The molecule has 1 heterocycles. The second kappa shape index (κ2) is 6.27. The van der Waals surface area contributed by atoms with Crippen LogP contribution in [0.1, 0.15) is 5.56 Å². The van der Waals surface area contributed by atoms with Gasteiger partial charge in [0.25, 0.3) is 0 Å². The maximum atomic E-state index is 13.4. The van der Waals surface area contributed by atoms with Crippen molar-refractivity contribution in [2.24, 2.45) is 0 Å². The minimum absolute atomic E-state index is 0.0359. The fourth-order valence-corrected chi connectivity index (χ4v) is 1.97. The molecule has 1 aromatic heterocycles. The van der Waals surface area contributed by atoms with Gasteiger partial charge in [0, 0.05) is 26.4 Å². The monoisotopic (exact) mass is 330 g/mol. The number of aromatic nitrogens is 2. The molecule has 0 saturated carbocycles. The summed E-state index contributed by atoms with van der Waals surface area (Å²) in [5.41, 5.74) is -0.697. The van der Waals surface area contributed by atoms with E-state index >= 15 is 0 Å². The zero-order valence-corrected chi connectivity index (χ0v) is 12.6. The second-order valence-corrected chi connectivity index (χ2v) is 4.56. The summed E-state index contributed by atoms with van der Waals surface area (Å²) in [7, 11) is 4.22. The van der Waals surface area contributed by atoms with Crippen LogP contribution >= 0.6 is 0 Å². The van der Waals surface area contributed by atoms with E-state index in [2.05, 4.69) is 15.3 Å². The third-order valence-corrected chi connectivity index (χ3v) is 3.12. The summed E-state index contributed by atoms with van der Waals surface area (Å²) in [4.78, 5) is 8.89. The van der Waals surface area contributed by atoms with Crippen molar-refractivity contribution in [1.82, 2.24) is 9.97 Å². The number of alkyl halides is 3. The Morgan fingerprint density at radius 3 is 2.52 bits per heavy atom. The van der Waals surface area contributed by atoms with E-state index in [9.17, 15) is 17.6 Å². The summed E-state index contributed by atoms with van der Waals surface area (Å²) in [6.45, 7) is 0. The summed E-state index contributed by atoms with van der Waals surface area (Å²) < 4.78 is 57.1. The number of hydrogen-bond donors (Lipinski definition) is 1. The maximum absolute atomic E-state index is 13.4. The smallest absolute Gasteiger partial charge is 0.421 e. The van der Waals surface area contributed by atoms with Crippen molar-refractivity contribution in [3.8, 4) is 5.75 Å². The first kappa shape index (κ1) is 16.8. The highest BCUT2D eigenvalue weighted by atomic mass is 19.4. The number of rotatable bonds is 4. The summed E-state index contributed by atoms with van der Waals surface area (Å²) in [6, 6.07) is 3.80. The van der Waals surface area contributed by atoms with E-state index in [4.69, 9.17) is 4.74 Å². The van der Waals surface area contributed by atoms with Crippen molar-refractivity contribution >= 4 is 17.5 Å². The standard InChI is InChI=1S/C14H14F4N4O/c1-19-12-9(14(16,17)18)7-20-13(21-12)22(2)10-6-8(15)4-5-11(10)23-3/h4-7H,1-3H3,(H,19,20,21). The lowest BCUT2D eigenvalue weighted by atomic mass is 10.2. The zero-order chi connectivity index (χ0) is 17.2. The molecule has 0 amide bonds. The van der Waals surface area contributed by atoms with Gasteiger partial charge in [-0.2, -0.15) is 18.2 Å². The van der Waals surface area contributed by atoms with Crippen LogP contribution in [-0.4, -0.2) is 31.2 Å². The molecule has 1 aromatic carbocycles. The molecule has 2 aromatic rings. The van der Waals surface area contributed by atoms with Gasteiger partial charge in [-0.15, -0.1) is 0 Å². The summed E-state index contributed by atoms with van der Waals surface area (Å²) in [6.07, 6.45) is -3.90. The number of ether oxygens (including phenoxy) is 1. The molecule has 0 aliphatic rings. The lowest BCUT2D eigenvalue weighted by Crippen LogP contribution is -2.18. The van der Waals surface area contributed by atoms with Crippen LogP contribution in [0.5, 0.6) is 5.75 Å². The first-order valence-corrected chi connectivity index (χ1v) is 6.47. The van der Waals surface area contributed by atoms with Crippen LogP contribution < -0.4 is 15.0 Å². The number of nitrogens with zero attached hydrogens (tertiary/aromatic N) is 3. The molecular weight excluding hydrogens is 316 g/mol. The molecule has 0 aliphatic carbocycles.